The fourth-order valence-electron chi connectivity index (χ4n) is 2.97. The average Bonchev–Trinajstić information content (AvgIpc) is 2.93. The van der Waals surface area contributed by atoms with Crippen LogP contribution in [0, 0.1) is 6.92 Å². The van der Waals surface area contributed by atoms with Crippen molar-refractivity contribution >= 4 is 12.0 Å². The molecule has 0 aliphatic heterocycles. The molecule has 116 valence electrons. The highest BCUT2D eigenvalue weighted by Crippen LogP contribution is 2.32. The summed E-state index contributed by atoms with van der Waals surface area (Å²) in [5, 5.41) is 18.9. The normalized spacial score (nSPS) is 16.7. The van der Waals surface area contributed by atoms with Gasteiger partial charge in [0.25, 0.3) is 0 Å². The van der Waals surface area contributed by atoms with E-state index in [0.717, 1.165) is 36.9 Å². The first-order valence-corrected chi connectivity index (χ1v) is 7.17. The number of hydrogen-bond donors (Lipinski definition) is 3. The van der Waals surface area contributed by atoms with Gasteiger partial charge in [-0.2, -0.15) is 5.10 Å². The summed E-state index contributed by atoms with van der Waals surface area (Å²) >= 11 is 0. The predicted octanol–water partition coefficient (Wildman–Crippen LogP) is 1.32. The number of hydrogen-bond acceptors (Lipinski definition) is 3. The maximum absolute atomic E-state index is 12.0. The first kappa shape index (κ1) is 15.3. The molecule has 21 heavy (non-hydrogen) atoms. The molecule has 1 aromatic rings. The first-order valence-electron chi connectivity index (χ1n) is 7.17. The fourth-order valence-corrected chi connectivity index (χ4v) is 2.97. The molecular formula is C14H22N4O3. The van der Waals surface area contributed by atoms with Gasteiger partial charge in [-0.15, -0.1) is 0 Å². The molecule has 0 atom stereocenters. The molecule has 0 bridgehead atoms. The quantitative estimate of drug-likeness (QED) is 0.763. The van der Waals surface area contributed by atoms with E-state index in [1.165, 1.54) is 0 Å². The van der Waals surface area contributed by atoms with Crippen LogP contribution < -0.4 is 10.6 Å². The summed E-state index contributed by atoms with van der Waals surface area (Å²) in [7, 11) is 1.83. The van der Waals surface area contributed by atoms with E-state index in [-0.39, 0.29) is 12.5 Å². The van der Waals surface area contributed by atoms with Crippen LogP contribution in [0.4, 0.5) is 4.79 Å². The molecule has 2 amide bonds. The second-order valence-corrected chi connectivity index (χ2v) is 5.78. The van der Waals surface area contributed by atoms with E-state index in [2.05, 4.69) is 15.7 Å². The lowest BCUT2D eigenvalue weighted by atomic mass is 9.93. The largest absolute Gasteiger partial charge is 0.481 e. The molecule has 7 nitrogen and oxygen atoms in total. The Labute approximate surface area is 123 Å². The van der Waals surface area contributed by atoms with Crippen molar-refractivity contribution < 1.29 is 14.7 Å². The Bertz CT molecular complexity index is 532. The van der Waals surface area contributed by atoms with Gasteiger partial charge in [-0.05, 0) is 19.8 Å². The number of aryl methyl sites for hydroxylation is 2. The number of carbonyl (C=O) groups is 2. The molecule has 1 fully saturated rings. The Morgan fingerprint density at radius 3 is 2.62 bits per heavy atom. The number of rotatable bonds is 5. The Morgan fingerprint density at radius 1 is 1.43 bits per heavy atom. The Morgan fingerprint density at radius 2 is 2.10 bits per heavy atom. The summed E-state index contributed by atoms with van der Waals surface area (Å²) in [6, 6.07) is -0.318. The van der Waals surface area contributed by atoms with E-state index in [1.54, 1.807) is 4.68 Å². The molecular weight excluding hydrogens is 272 g/mol. The van der Waals surface area contributed by atoms with Crippen molar-refractivity contribution in [3.8, 4) is 0 Å². The van der Waals surface area contributed by atoms with Crippen molar-refractivity contribution in [2.45, 2.75) is 51.1 Å². The van der Waals surface area contributed by atoms with Crippen LogP contribution in [0.1, 0.15) is 43.4 Å². The Kier molecular flexibility index (Phi) is 4.50. The summed E-state index contributed by atoms with van der Waals surface area (Å²) in [6.07, 6.45) is 5.19. The zero-order valence-electron chi connectivity index (χ0n) is 12.5. The smallest absolute Gasteiger partial charge is 0.315 e. The van der Waals surface area contributed by atoms with Crippen LogP contribution in [0.2, 0.25) is 0 Å². The van der Waals surface area contributed by atoms with Crippen LogP contribution in [0.25, 0.3) is 0 Å². The van der Waals surface area contributed by atoms with Gasteiger partial charge in [0.15, 0.2) is 0 Å². The highest BCUT2D eigenvalue weighted by atomic mass is 16.4. The lowest BCUT2D eigenvalue weighted by Gasteiger charge is -2.28. The van der Waals surface area contributed by atoms with E-state index in [0.29, 0.717) is 6.54 Å². The van der Waals surface area contributed by atoms with Gasteiger partial charge in [-0.1, -0.05) is 12.8 Å². The lowest BCUT2D eigenvalue weighted by Crippen LogP contribution is -2.51. The summed E-state index contributed by atoms with van der Waals surface area (Å²) in [5.41, 5.74) is 1.23. The number of carboxylic acids is 1. The number of nitrogens with zero attached hydrogens (tertiary/aromatic N) is 2. The Balaban J connectivity index is 1.91. The molecule has 2 rings (SSSR count). The van der Waals surface area contributed by atoms with Crippen molar-refractivity contribution in [3.05, 3.63) is 17.5 Å². The minimum Gasteiger partial charge on any atom is -0.481 e. The van der Waals surface area contributed by atoms with Crippen molar-refractivity contribution in [2.75, 3.05) is 0 Å². The number of nitrogens with one attached hydrogen (secondary N) is 2. The van der Waals surface area contributed by atoms with Crippen molar-refractivity contribution in [3.63, 3.8) is 0 Å². The third-order valence-corrected chi connectivity index (χ3v) is 3.98. The summed E-state index contributed by atoms with van der Waals surface area (Å²) in [6.45, 7) is 2.27. The number of amides is 2. The minimum atomic E-state index is -0.875. The van der Waals surface area contributed by atoms with Gasteiger partial charge in [-0.25, -0.2) is 4.79 Å². The van der Waals surface area contributed by atoms with Crippen LogP contribution in [0.15, 0.2) is 6.20 Å². The van der Waals surface area contributed by atoms with Crippen LogP contribution in [-0.4, -0.2) is 32.4 Å². The zero-order valence-corrected chi connectivity index (χ0v) is 12.5. The van der Waals surface area contributed by atoms with E-state index in [4.69, 9.17) is 5.11 Å². The van der Waals surface area contributed by atoms with Gasteiger partial charge in [0.05, 0.1) is 17.7 Å². The van der Waals surface area contributed by atoms with E-state index >= 15 is 0 Å². The Hall–Kier alpha value is -2.05. The molecule has 0 spiro atoms. The number of aliphatic carboxylic acids is 1. The SMILES string of the molecule is Cc1nn(C)cc1CNC(=O)NC1(CC(=O)O)CCCC1. The van der Waals surface area contributed by atoms with E-state index in [1.807, 2.05) is 20.2 Å². The van der Waals surface area contributed by atoms with Gasteiger partial charge in [0.2, 0.25) is 0 Å². The highest BCUT2D eigenvalue weighted by Gasteiger charge is 2.37. The van der Waals surface area contributed by atoms with Crippen molar-refractivity contribution in [2.24, 2.45) is 7.05 Å². The number of urea groups is 1. The molecule has 0 radical (unpaired) electrons. The second kappa shape index (κ2) is 6.15. The predicted molar refractivity (Wildman–Crippen MR) is 76.8 cm³/mol. The van der Waals surface area contributed by atoms with Gasteiger partial charge < -0.3 is 15.7 Å². The minimum absolute atomic E-state index is 0.0215. The maximum Gasteiger partial charge on any atom is 0.315 e. The fraction of sp³-hybridized carbons (Fsp3) is 0.643. The first-order chi connectivity index (χ1) is 9.90. The topological polar surface area (TPSA) is 96.3 Å². The lowest BCUT2D eigenvalue weighted by molar-refractivity contribution is -0.138. The summed E-state index contributed by atoms with van der Waals surface area (Å²) in [4.78, 5) is 23.0. The van der Waals surface area contributed by atoms with Crippen LogP contribution >= 0.6 is 0 Å². The van der Waals surface area contributed by atoms with Crippen LogP contribution in [0.3, 0.4) is 0 Å². The van der Waals surface area contributed by atoms with Gasteiger partial charge in [0, 0.05) is 25.4 Å². The standard InChI is InChI=1S/C14H22N4O3/c1-10-11(9-18(2)17-10)8-15-13(21)16-14(7-12(19)20)5-3-4-6-14/h9H,3-8H2,1-2H3,(H,19,20)(H2,15,16,21). The van der Waals surface area contributed by atoms with Crippen molar-refractivity contribution in [1.82, 2.24) is 20.4 Å². The zero-order chi connectivity index (χ0) is 15.5. The van der Waals surface area contributed by atoms with E-state index < -0.39 is 11.5 Å². The van der Waals surface area contributed by atoms with Gasteiger partial charge in [0.1, 0.15) is 0 Å². The van der Waals surface area contributed by atoms with Crippen LogP contribution in [0.5, 0.6) is 0 Å². The third-order valence-electron chi connectivity index (χ3n) is 3.98. The van der Waals surface area contributed by atoms with Gasteiger partial charge in [-0.3, -0.25) is 9.48 Å². The van der Waals surface area contributed by atoms with Crippen molar-refractivity contribution in [1.29, 1.82) is 0 Å². The van der Waals surface area contributed by atoms with Gasteiger partial charge >= 0.3 is 12.0 Å². The van der Waals surface area contributed by atoms with Crippen LogP contribution in [-0.2, 0) is 18.4 Å². The third kappa shape index (κ3) is 3.96. The highest BCUT2D eigenvalue weighted by molar-refractivity contribution is 5.76. The monoisotopic (exact) mass is 294 g/mol. The second-order valence-electron chi connectivity index (χ2n) is 5.78. The number of carbonyl (C=O) groups excluding carboxylic acids is 1. The molecule has 1 aliphatic carbocycles. The number of aromatic nitrogens is 2. The molecule has 1 aliphatic rings. The molecule has 0 saturated heterocycles. The molecule has 3 N–H and O–H groups in total. The van der Waals surface area contributed by atoms with E-state index in [9.17, 15) is 9.59 Å². The molecule has 1 saturated carbocycles. The summed E-state index contributed by atoms with van der Waals surface area (Å²) < 4.78 is 1.70. The number of carboxylic acid groups (broad SMARTS) is 1. The molecule has 1 aromatic heterocycles. The molecule has 0 aromatic carbocycles. The average molecular weight is 294 g/mol. The molecule has 1 heterocycles. The summed E-state index contributed by atoms with van der Waals surface area (Å²) in [5.74, 6) is -0.875. The molecule has 0 unspecified atom stereocenters. The molecule has 7 heteroatoms. The maximum atomic E-state index is 12.0.